The second kappa shape index (κ2) is 6.75. The molecule has 1 saturated carbocycles. The van der Waals surface area contributed by atoms with Crippen LogP contribution in [0.5, 0.6) is 0 Å². The van der Waals surface area contributed by atoms with Gasteiger partial charge in [0.2, 0.25) is 5.91 Å². The van der Waals surface area contributed by atoms with E-state index in [1.165, 1.54) is 19.1 Å². The third-order valence-electron chi connectivity index (χ3n) is 4.13. The van der Waals surface area contributed by atoms with E-state index in [1.54, 1.807) is 6.07 Å². The van der Waals surface area contributed by atoms with Crippen LogP contribution in [0, 0.1) is 0 Å². The summed E-state index contributed by atoms with van der Waals surface area (Å²) in [5.41, 5.74) is -0.833. The smallest absolute Gasteiger partial charge is 0.324 e. The van der Waals surface area contributed by atoms with Crippen LogP contribution in [-0.2, 0) is 11.0 Å². The van der Waals surface area contributed by atoms with Crippen molar-refractivity contribution < 1.29 is 18.0 Å². The third kappa shape index (κ3) is 3.90. The van der Waals surface area contributed by atoms with E-state index >= 15 is 0 Å². The minimum absolute atomic E-state index is 0.0648. The summed E-state index contributed by atoms with van der Waals surface area (Å²) in [7, 11) is 0. The first-order valence-corrected chi connectivity index (χ1v) is 8.32. The lowest BCUT2D eigenvalue weighted by atomic mass is 10.2. The molecule has 1 aromatic carbocycles. The highest BCUT2D eigenvalue weighted by Gasteiger charge is 2.33. The zero-order chi connectivity index (χ0) is 19.1. The van der Waals surface area contributed by atoms with Gasteiger partial charge in [-0.1, -0.05) is 11.6 Å². The van der Waals surface area contributed by atoms with Crippen LogP contribution in [0.2, 0.25) is 5.02 Å². The molecule has 1 atom stereocenters. The topological polar surface area (TPSA) is 64.0 Å². The average Bonchev–Trinajstić information content (AvgIpc) is 3.40. The molecular formula is C17H15ClF3N3O2. The molecular weight excluding hydrogens is 371 g/mol. The predicted molar refractivity (Wildman–Crippen MR) is 90.3 cm³/mol. The Hall–Kier alpha value is -2.35. The van der Waals surface area contributed by atoms with Crippen LogP contribution in [0.25, 0.3) is 0 Å². The zero-order valence-corrected chi connectivity index (χ0v) is 14.4. The van der Waals surface area contributed by atoms with Crippen LogP contribution in [-0.4, -0.2) is 15.7 Å². The molecule has 2 aromatic rings. The first kappa shape index (κ1) is 18.4. The number of hydrogen-bond donors (Lipinski definition) is 1. The number of carbonyl (C=O) groups is 1. The van der Waals surface area contributed by atoms with Gasteiger partial charge in [-0.2, -0.15) is 18.3 Å². The summed E-state index contributed by atoms with van der Waals surface area (Å²) in [6.07, 6.45) is -2.67. The first-order valence-electron chi connectivity index (χ1n) is 7.94. The Labute approximate surface area is 151 Å². The normalized spacial score (nSPS) is 15.6. The minimum atomic E-state index is -4.64. The maximum atomic E-state index is 12.9. The lowest BCUT2D eigenvalue weighted by molar-refractivity contribution is -0.137. The lowest BCUT2D eigenvalue weighted by Crippen LogP contribution is -2.33. The molecule has 1 aliphatic rings. The van der Waals surface area contributed by atoms with Gasteiger partial charge in [0, 0.05) is 17.7 Å². The van der Waals surface area contributed by atoms with Crippen molar-refractivity contribution in [1.29, 1.82) is 0 Å². The number of nitrogens with zero attached hydrogens (tertiary/aromatic N) is 2. The molecule has 0 aliphatic heterocycles. The molecule has 26 heavy (non-hydrogen) atoms. The number of aromatic nitrogens is 2. The van der Waals surface area contributed by atoms with Crippen molar-refractivity contribution in [3.8, 4) is 0 Å². The molecule has 138 valence electrons. The highest BCUT2D eigenvalue weighted by molar-refractivity contribution is 6.31. The van der Waals surface area contributed by atoms with Crippen LogP contribution in [0.4, 0.5) is 18.9 Å². The summed E-state index contributed by atoms with van der Waals surface area (Å²) >= 11 is 5.56. The molecule has 9 heteroatoms. The Bertz CT molecular complexity index is 907. The molecule has 5 nitrogen and oxygen atoms in total. The van der Waals surface area contributed by atoms with Crippen LogP contribution < -0.4 is 10.9 Å². The van der Waals surface area contributed by atoms with Crippen LogP contribution in [0.3, 0.4) is 0 Å². The van der Waals surface area contributed by atoms with E-state index in [-0.39, 0.29) is 5.69 Å². The summed E-state index contributed by atoms with van der Waals surface area (Å²) in [5.74, 6) is -0.356. The number of rotatable bonds is 4. The van der Waals surface area contributed by atoms with Gasteiger partial charge in [0.1, 0.15) is 6.04 Å². The molecule has 1 aromatic heterocycles. The molecule has 0 radical (unpaired) electrons. The summed E-state index contributed by atoms with van der Waals surface area (Å²) < 4.78 is 39.8. The second-order valence-electron chi connectivity index (χ2n) is 6.17. The van der Waals surface area contributed by atoms with Gasteiger partial charge in [-0.05, 0) is 44.0 Å². The van der Waals surface area contributed by atoms with Gasteiger partial charge in [0.15, 0.2) is 0 Å². The number of benzene rings is 1. The van der Waals surface area contributed by atoms with Crippen molar-refractivity contribution in [2.45, 2.75) is 37.9 Å². The standard InChI is InChI=1S/C17H15ClF3N3O2/c1-9(24-15(25)7-6-14(23-24)10-2-3-10)16(26)22-11-4-5-13(18)12(8-11)17(19,20)21/h4-10H,2-3H2,1H3,(H,22,26). The number of hydrogen-bond acceptors (Lipinski definition) is 3. The molecule has 1 heterocycles. The fourth-order valence-corrected chi connectivity index (χ4v) is 2.72. The summed E-state index contributed by atoms with van der Waals surface area (Å²) in [6.45, 7) is 1.46. The SMILES string of the molecule is CC(C(=O)Nc1ccc(Cl)c(C(F)(F)F)c1)n1nc(C2CC2)ccc1=O. The first-order chi connectivity index (χ1) is 12.2. The molecule has 0 spiro atoms. The van der Waals surface area contributed by atoms with E-state index in [0.29, 0.717) is 5.92 Å². The fraction of sp³-hybridized carbons (Fsp3) is 0.353. The maximum Gasteiger partial charge on any atom is 0.417 e. The zero-order valence-electron chi connectivity index (χ0n) is 13.7. The van der Waals surface area contributed by atoms with Gasteiger partial charge in [-0.15, -0.1) is 0 Å². The molecule has 1 unspecified atom stereocenters. The van der Waals surface area contributed by atoms with E-state index in [0.717, 1.165) is 35.4 Å². The molecule has 3 rings (SSSR count). The second-order valence-corrected chi connectivity index (χ2v) is 6.58. The Balaban J connectivity index is 1.82. The quantitative estimate of drug-likeness (QED) is 0.865. The van der Waals surface area contributed by atoms with Gasteiger partial charge in [-0.3, -0.25) is 9.59 Å². The van der Waals surface area contributed by atoms with E-state index in [9.17, 15) is 22.8 Å². The Morgan fingerprint density at radius 1 is 1.31 bits per heavy atom. The van der Waals surface area contributed by atoms with Crippen molar-refractivity contribution >= 4 is 23.2 Å². The molecule has 1 amide bonds. The number of nitrogens with one attached hydrogen (secondary N) is 1. The number of carbonyl (C=O) groups excluding carboxylic acids is 1. The highest BCUT2D eigenvalue weighted by Crippen LogP contribution is 2.38. The number of halogens is 4. The van der Waals surface area contributed by atoms with Gasteiger partial charge < -0.3 is 5.32 Å². The van der Waals surface area contributed by atoms with Gasteiger partial charge in [0.25, 0.3) is 5.56 Å². The third-order valence-corrected chi connectivity index (χ3v) is 4.46. The average molecular weight is 386 g/mol. The van der Waals surface area contributed by atoms with Gasteiger partial charge in [0.05, 0.1) is 16.3 Å². The van der Waals surface area contributed by atoms with Crippen molar-refractivity contribution in [2.75, 3.05) is 5.32 Å². The predicted octanol–water partition coefficient (Wildman–Crippen LogP) is 3.99. The highest BCUT2D eigenvalue weighted by atomic mass is 35.5. The van der Waals surface area contributed by atoms with Crippen molar-refractivity contribution in [3.63, 3.8) is 0 Å². The number of anilines is 1. The largest absolute Gasteiger partial charge is 0.417 e. The number of alkyl halides is 3. The molecule has 1 aliphatic carbocycles. The van der Waals surface area contributed by atoms with Crippen molar-refractivity contribution in [3.05, 3.63) is 57.0 Å². The summed E-state index contributed by atoms with van der Waals surface area (Å²) in [5, 5.41) is 6.12. The van der Waals surface area contributed by atoms with E-state index in [1.807, 2.05) is 0 Å². The summed E-state index contributed by atoms with van der Waals surface area (Å²) in [4.78, 5) is 24.4. The molecule has 1 N–H and O–H groups in total. The maximum absolute atomic E-state index is 12.9. The Morgan fingerprint density at radius 2 is 2.00 bits per heavy atom. The molecule has 0 bridgehead atoms. The Morgan fingerprint density at radius 3 is 2.62 bits per heavy atom. The molecule has 0 saturated heterocycles. The van der Waals surface area contributed by atoms with Crippen molar-refractivity contribution in [1.82, 2.24) is 9.78 Å². The van der Waals surface area contributed by atoms with Crippen LogP contribution in [0.1, 0.15) is 43.0 Å². The lowest BCUT2D eigenvalue weighted by Gasteiger charge is -2.16. The van der Waals surface area contributed by atoms with Crippen LogP contribution >= 0.6 is 11.6 Å². The van der Waals surface area contributed by atoms with E-state index in [4.69, 9.17) is 11.6 Å². The summed E-state index contributed by atoms with van der Waals surface area (Å²) in [6, 6.07) is 5.07. The number of amides is 1. The fourth-order valence-electron chi connectivity index (χ4n) is 2.49. The Kier molecular flexibility index (Phi) is 4.79. The van der Waals surface area contributed by atoms with Crippen molar-refractivity contribution in [2.24, 2.45) is 0 Å². The monoisotopic (exact) mass is 385 g/mol. The minimum Gasteiger partial charge on any atom is -0.324 e. The van der Waals surface area contributed by atoms with Gasteiger partial charge >= 0.3 is 6.18 Å². The molecule has 1 fully saturated rings. The van der Waals surface area contributed by atoms with Gasteiger partial charge in [-0.25, -0.2) is 4.68 Å². The van der Waals surface area contributed by atoms with E-state index < -0.39 is 34.3 Å². The van der Waals surface area contributed by atoms with Crippen LogP contribution in [0.15, 0.2) is 35.1 Å². The van der Waals surface area contributed by atoms with E-state index in [2.05, 4.69) is 10.4 Å².